The van der Waals surface area contributed by atoms with Gasteiger partial charge in [0.2, 0.25) is 5.91 Å². The fourth-order valence-electron chi connectivity index (χ4n) is 1.60. The summed E-state index contributed by atoms with van der Waals surface area (Å²) in [5.41, 5.74) is 0. The van der Waals surface area contributed by atoms with E-state index in [4.69, 9.17) is 4.74 Å². The SMILES string of the molecule is CN(CCBr)C(=O)CCC1CCCO1. The molecule has 1 amide bonds. The average molecular weight is 264 g/mol. The zero-order valence-corrected chi connectivity index (χ0v) is 10.3. The van der Waals surface area contributed by atoms with Crippen molar-refractivity contribution in [2.24, 2.45) is 0 Å². The minimum absolute atomic E-state index is 0.222. The molecule has 0 spiro atoms. The number of alkyl halides is 1. The van der Waals surface area contributed by atoms with Crippen molar-refractivity contribution in [3.8, 4) is 0 Å². The fourth-order valence-corrected chi connectivity index (χ4v) is 2.13. The van der Waals surface area contributed by atoms with Crippen LogP contribution in [0, 0.1) is 0 Å². The van der Waals surface area contributed by atoms with E-state index in [1.54, 1.807) is 4.90 Å². The first-order chi connectivity index (χ1) is 6.74. The molecule has 1 fully saturated rings. The fraction of sp³-hybridized carbons (Fsp3) is 0.900. The summed E-state index contributed by atoms with van der Waals surface area (Å²) in [7, 11) is 1.85. The number of ether oxygens (including phenoxy) is 1. The Balaban J connectivity index is 2.13. The van der Waals surface area contributed by atoms with Gasteiger partial charge in [0.15, 0.2) is 0 Å². The van der Waals surface area contributed by atoms with Gasteiger partial charge in [0.25, 0.3) is 0 Å². The third-order valence-electron chi connectivity index (χ3n) is 2.55. The molecule has 0 radical (unpaired) electrons. The summed E-state index contributed by atoms with van der Waals surface area (Å²) < 4.78 is 5.46. The molecular formula is C10H18BrNO2. The number of halogens is 1. The van der Waals surface area contributed by atoms with Crippen molar-refractivity contribution < 1.29 is 9.53 Å². The number of carbonyl (C=O) groups is 1. The lowest BCUT2D eigenvalue weighted by Crippen LogP contribution is -2.29. The van der Waals surface area contributed by atoms with Gasteiger partial charge in [-0.1, -0.05) is 15.9 Å². The summed E-state index contributed by atoms with van der Waals surface area (Å²) in [5.74, 6) is 0.222. The van der Waals surface area contributed by atoms with Crippen LogP contribution in [0.5, 0.6) is 0 Å². The normalized spacial score (nSPS) is 21.1. The molecule has 0 aromatic heterocycles. The zero-order chi connectivity index (χ0) is 10.4. The highest BCUT2D eigenvalue weighted by Gasteiger charge is 2.17. The Morgan fingerprint density at radius 3 is 3.00 bits per heavy atom. The third-order valence-corrected chi connectivity index (χ3v) is 2.90. The van der Waals surface area contributed by atoms with Gasteiger partial charge in [-0.3, -0.25) is 4.79 Å². The van der Waals surface area contributed by atoms with E-state index in [0.29, 0.717) is 12.5 Å². The van der Waals surface area contributed by atoms with Gasteiger partial charge in [0.05, 0.1) is 6.10 Å². The summed E-state index contributed by atoms with van der Waals surface area (Å²) in [6, 6.07) is 0. The van der Waals surface area contributed by atoms with Gasteiger partial charge in [-0.25, -0.2) is 0 Å². The number of amides is 1. The highest BCUT2D eigenvalue weighted by Crippen LogP contribution is 2.17. The van der Waals surface area contributed by atoms with Crippen LogP contribution in [-0.2, 0) is 9.53 Å². The first kappa shape index (κ1) is 12.0. The second kappa shape index (κ2) is 6.40. The van der Waals surface area contributed by atoms with Crippen molar-refractivity contribution in [1.29, 1.82) is 0 Å². The van der Waals surface area contributed by atoms with E-state index < -0.39 is 0 Å². The molecule has 1 aliphatic heterocycles. The lowest BCUT2D eigenvalue weighted by atomic mass is 10.1. The molecule has 0 saturated carbocycles. The summed E-state index contributed by atoms with van der Waals surface area (Å²) >= 11 is 3.32. The lowest BCUT2D eigenvalue weighted by molar-refractivity contribution is -0.130. The van der Waals surface area contributed by atoms with Gasteiger partial charge in [0.1, 0.15) is 0 Å². The van der Waals surface area contributed by atoms with Crippen molar-refractivity contribution in [3.63, 3.8) is 0 Å². The van der Waals surface area contributed by atoms with Crippen LogP contribution in [0.2, 0.25) is 0 Å². The Morgan fingerprint density at radius 1 is 1.64 bits per heavy atom. The van der Waals surface area contributed by atoms with E-state index in [0.717, 1.165) is 37.7 Å². The summed E-state index contributed by atoms with van der Waals surface area (Å²) in [6.07, 6.45) is 4.10. The molecule has 1 rings (SSSR count). The van der Waals surface area contributed by atoms with E-state index in [-0.39, 0.29) is 5.91 Å². The molecule has 0 aromatic rings. The monoisotopic (exact) mass is 263 g/mol. The van der Waals surface area contributed by atoms with Gasteiger partial charge in [-0.15, -0.1) is 0 Å². The number of hydrogen-bond donors (Lipinski definition) is 0. The minimum atomic E-state index is 0.222. The molecule has 1 atom stereocenters. The van der Waals surface area contributed by atoms with Gasteiger partial charge in [0, 0.05) is 32.0 Å². The number of rotatable bonds is 5. The molecule has 4 heteroatoms. The van der Waals surface area contributed by atoms with Crippen molar-refractivity contribution in [3.05, 3.63) is 0 Å². The molecule has 1 unspecified atom stereocenters. The lowest BCUT2D eigenvalue weighted by Gasteiger charge is -2.16. The predicted octanol–water partition coefficient (Wildman–Crippen LogP) is 1.80. The topological polar surface area (TPSA) is 29.5 Å². The highest BCUT2D eigenvalue weighted by atomic mass is 79.9. The van der Waals surface area contributed by atoms with Crippen LogP contribution in [0.4, 0.5) is 0 Å². The second-order valence-corrected chi connectivity index (χ2v) is 4.47. The quantitative estimate of drug-likeness (QED) is 0.709. The van der Waals surface area contributed by atoms with Crippen LogP contribution in [0.1, 0.15) is 25.7 Å². The Morgan fingerprint density at radius 2 is 2.43 bits per heavy atom. The van der Waals surface area contributed by atoms with Crippen LogP contribution >= 0.6 is 15.9 Å². The maximum atomic E-state index is 11.5. The second-order valence-electron chi connectivity index (χ2n) is 3.68. The first-order valence-corrected chi connectivity index (χ1v) is 6.27. The van der Waals surface area contributed by atoms with Gasteiger partial charge >= 0.3 is 0 Å². The van der Waals surface area contributed by atoms with E-state index in [1.807, 2.05) is 7.05 Å². The highest BCUT2D eigenvalue weighted by molar-refractivity contribution is 9.09. The molecule has 0 N–H and O–H groups in total. The molecule has 3 nitrogen and oxygen atoms in total. The molecule has 0 aliphatic carbocycles. The maximum absolute atomic E-state index is 11.5. The Hall–Kier alpha value is -0.0900. The molecule has 1 heterocycles. The van der Waals surface area contributed by atoms with E-state index >= 15 is 0 Å². The molecular weight excluding hydrogens is 246 g/mol. The number of carbonyl (C=O) groups excluding carboxylic acids is 1. The average Bonchev–Trinajstić information content (AvgIpc) is 2.67. The van der Waals surface area contributed by atoms with Crippen molar-refractivity contribution in [2.75, 3.05) is 25.5 Å². The Bertz CT molecular complexity index is 181. The van der Waals surface area contributed by atoms with E-state index in [2.05, 4.69) is 15.9 Å². The number of nitrogens with zero attached hydrogens (tertiary/aromatic N) is 1. The smallest absolute Gasteiger partial charge is 0.222 e. The van der Waals surface area contributed by atoms with Crippen molar-refractivity contribution in [1.82, 2.24) is 4.90 Å². The molecule has 82 valence electrons. The van der Waals surface area contributed by atoms with Gasteiger partial charge in [-0.05, 0) is 19.3 Å². The van der Waals surface area contributed by atoms with Crippen LogP contribution in [0.25, 0.3) is 0 Å². The third kappa shape index (κ3) is 3.96. The summed E-state index contributed by atoms with van der Waals surface area (Å²) in [6.45, 7) is 1.65. The van der Waals surface area contributed by atoms with E-state index in [1.165, 1.54) is 0 Å². The predicted molar refractivity (Wildman–Crippen MR) is 59.6 cm³/mol. The molecule has 0 bridgehead atoms. The van der Waals surface area contributed by atoms with Crippen molar-refractivity contribution in [2.45, 2.75) is 31.8 Å². The zero-order valence-electron chi connectivity index (χ0n) is 8.67. The van der Waals surface area contributed by atoms with Crippen LogP contribution in [0.15, 0.2) is 0 Å². The summed E-state index contributed by atoms with van der Waals surface area (Å²) in [4.78, 5) is 13.3. The first-order valence-electron chi connectivity index (χ1n) is 5.15. The molecule has 0 aromatic carbocycles. The van der Waals surface area contributed by atoms with Crippen LogP contribution in [0.3, 0.4) is 0 Å². The minimum Gasteiger partial charge on any atom is -0.378 e. The Labute approximate surface area is 93.9 Å². The van der Waals surface area contributed by atoms with Crippen LogP contribution in [-0.4, -0.2) is 42.4 Å². The van der Waals surface area contributed by atoms with Gasteiger partial charge in [-0.2, -0.15) is 0 Å². The van der Waals surface area contributed by atoms with Crippen molar-refractivity contribution >= 4 is 21.8 Å². The largest absolute Gasteiger partial charge is 0.378 e. The standard InChI is InChI=1S/C10H18BrNO2/c1-12(7-6-11)10(13)5-4-9-3-2-8-14-9/h9H,2-8H2,1H3. The number of hydrogen-bond acceptors (Lipinski definition) is 2. The molecule has 1 saturated heterocycles. The maximum Gasteiger partial charge on any atom is 0.222 e. The molecule has 1 aliphatic rings. The Kier molecular flexibility index (Phi) is 5.48. The van der Waals surface area contributed by atoms with E-state index in [9.17, 15) is 4.79 Å². The molecule has 14 heavy (non-hydrogen) atoms. The summed E-state index contributed by atoms with van der Waals surface area (Å²) in [5, 5.41) is 0.842. The van der Waals surface area contributed by atoms with Crippen LogP contribution < -0.4 is 0 Å². The van der Waals surface area contributed by atoms with Gasteiger partial charge < -0.3 is 9.64 Å².